The molecule has 0 aliphatic carbocycles. The molecule has 0 aromatic heterocycles. The van der Waals surface area contributed by atoms with Crippen LogP contribution in [0, 0.1) is 5.92 Å². The van der Waals surface area contributed by atoms with Crippen LogP contribution in [0.25, 0.3) is 0 Å². The predicted octanol–water partition coefficient (Wildman–Crippen LogP) is 2.51. The van der Waals surface area contributed by atoms with Gasteiger partial charge in [-0.05, 0) is 30.7 Å². The maximum atomic E-state index is 11.8. The molecular formula is C15H22N2O2. The van der Waals surface area contributed by atoms with Gasteiger partial charge in [0.25, 0.3) is 0 Å². The number of nitrogens with zero attached hydrogens (tertiary/aromatic N) is 1. The van der Waals surface area contributed by atoms with E-state index < -0.39 is 0 Å². The number of ether oxygens (including phenoxy) is 1. The molecule has 1 N–H and O–H groups in total. The minimum atomic E-state index is 0.0546. The fraction of sp³-hybridized carbons (Fsp3) is 0.533. The lowest BCUT2D eigenvalue weighted by molar-refractivity contribution is -0.119. The summed E-state index contributed by atoms with van der Waals surface area (Å²) in [6, 6.07) is 8.03. The smallest absolute Gasteiger partial charge is 0.227 e. The van der Waals surface area contributed by atoms with Gasteiger partial charge < -0.3 is 15.0 Å². The first-order valence-corrected chi connectivity index (χ1v) is 6.94. The summed E-state index contributed by atoms with van der Waals surface area (Å²) in [5.74, 6) is 0.139. The van der Waals surface area contributed by atoms with Gasteiger partial charge in [0.05, 0.1) is 13.2 Å². The van der Waals surface area contributed by atoms with Gasteiger partial charge >= 0.3 is 0 Å². The number of benzene rings is 1. The Bertz CT molecular complexity index is 411. The summed E-state index contributed by atoms with van der Waals surface area (Å²) in [4.78, 5) is 14.1. The summed E-state index contributed by atoms with van der Waals surface area (Å²) in [5, 5.41) is 2.94. The molecule has 0 spiro atoms. The van der Waals surface area contributed by atoms with Gasteiger partial charge in [0.2, 0.25) is 5.91 Å². The molecule has 1 amide bonds. The maximum Gasteiger partial charge on any atom is 0.227 e. The molecule has 1 aliphatic heterocycles. The number of nitrogens with one attached hydrogen (secondary N) is 1. The summed E-state index contributed by atoms with van der Waals surface area (Å²) >= 11 is 0. The van der Waals surface area contributed by atoms with Crippen LogP contribution in [0.15, 0.2) is 24.3 Å². The van der Waals surface area contributed by atoms with Gasteiger partial charge in [0.1, 0.15) is 0 Å². The number of hydrogen-bond donors (Lipinski definition) is 1. The van der Waals surface area contributed by atoms with E-state index in [9.17, 15) is 4.79 Å². The second-order valence-electron chi connectivity index (χ2n) is 4.94. The van der Waals surface area contributed by atoms with Gasteiger partial charge in [-0.15, -0.1) is 0 Å². The lowest BCUT2D eigenvalue weighted by atomic mass is 10.1. The van der Waals surface area contributed by atoms with Crippen molar-refractivity contribution in [2.75, 3.05) is 36.5 Å². The molecule has 0 unspecified atom stereocenters. The molecular weight excluding hydrogens is 240 g/mol. The number of carbonyl (C=O) groups excluding carboxylic acids is 1. The van der Waals surface area contributed by atoms with Crippen molar-refractivity contribution in [1.29, 1.82) is 0 Å². The van der Waals surface area contributed by atoms with Gasteiger partial charge in [-0.3, -0.25) is 4.79 Å². The van der Waals surface area contributed by atoms with Crippen LogP contribution in [-0.4, -0.2) is 32.2 Å². The van der Waals surface area contributed by atoms with Crippen molar-refractivity contribution in [3.63, 3.8) is 0 Å². The zero-order chi connectivity index (χ0) is 13.7. The number of anilines is 2. The van der Waals surface area contributed by atoms with Crippen LogP contribution in [0.4, 0.5) is 11.4 Å². The highest BCUT2D eigenvalue weighted by Crippen LogP contribution is 2.19. The van der Waals surface area contributed by atoms with E-state index in [1.54, 1.807) is 0 Å². The third-order valence-electron chi connectivity index (χ3n) is 3.57. The van der Waals surface area contributed by atoms with E-state index in [4.69, 9.17) is 4.74 Å². The monoisotopic (exact) mass is 262 g/mol. The first-order valence-electron chi connectivity index (χ1n) is 6.94. The van der Waals surface area contributed by atoms with Crippen molar-refractivity contribution >= 4 is 17.3 Å². The summed E-state index contributed by atoms with van der Waals surface area (Å²) in [7, 11) is 0. The topological polar surface area (TPSA) is 41.6 Å². The van der Waals surface area contributed by atoms with E-state index in [0.29, 0.717) is 0 Å². The first-order chi connectivity index (χ1) is 9.20. The summed E-state index contributed by atoms with van der Waals surface area (Å²) in [6.45, 7) is 7.39. The largest absolute Gasteiger partial charge is 0.378 e. The molecule has 104 valence electrons. The van der Waals surface area contributed by atoms with E-state index in [-0.39, 0.29) is 11.8 Å². The molecule has 0 radical (unpaired) electrons. The predicted molar refractivity (Wildman–Crippen MR) is 77.6 cm³/mol. The molecule has 1 aromatic carbocycles. The average Bonchev–Trinajstić information content (AvgIpc) is 2.48. The highest BCUT2D eigenvalue weighted by molar-refractivity contribution is 5.92. The van der Waals surface area contributed by atoms with Crippen LogP contribution in [0.1, 0.15) is 20.3 Å². The molecule has 0 saturated carbocycles. The van der Waals surface area contributed by atoms with E-state index in [2.05, 4.69) is 22.3 Å². The van der Waals surface area contributed by atoms with E-state index in [0.717, 1.165) is 38.4 Å². The third-order valence-corrected chi connectivity index (χ3v) is 3.57. The summed E-state index contributed by atoms with van der Waals surface area (Å²) < 4.78 is 5.34. The van der Waals surface area contributed by atoms with Crippen molar-refractivity contribution in [1.82, 2.24) is 0 Å². The molecule has 1 heterocycles. The van der Waals surface area contributed by atoms with Crippen LogP contribution in [0.3, 0.4) is 0 Å². The Morgan fingerprint density at radius 1 is 1.32 bits per heavy atom. The van der Waals surface area contributed by atoms with Gasteiger partial charge in [0, 0.05) is 30.4 Å². The molecule has 2 rings (SSSR count). The number of hydrogen-bond acceptors (Lipinski definition) is 3. The van der Waals surface area contributed by atoms with Crippen molar-refractivity contribution in [3.8, 4) is 0 Å². The highest BCUT2D eigenvalue weighted by atomic mass is 16.5. The Morgan fingerprint density at radius 3 is 2.53 bits per heavy atom. The lowest BCUT2D eigenvalue weighted by Crippen LogP contribution is -2.36. The molecule has 1 saturated heterocycles. The standard InChI is InChI=1S/C15H22N2O2/c1-3-12(2)15(18)16-13-4-6-14(7-5-13)17-8-10-19-11-9-17/h4-7,12H,3,8-11H2,1-2H3,(H,16,18)/t12-/m0/s1. The van der Waals surface area contributed by atoms with Crippen LogP contribution in [-0.2, 0) is 9.53 Å². The van der Waals surface area contributed by atoms with E-state index >= 15 is 0 Å². The van der Waals surface area contributed by atoms with Crippen LogP contribution in [0.5, 0.6) is 0 Å². The van der Waals surface area contributed by atoms with Gasteiger partial charge in [-0.2, -0.15) is 0 Å². The normalized spacial score (nSPS) is 17.1. The summed E-state index contributed by atoms with van der Waals surface area (Å²) in [6.07, 6.45) is 0.859. The van der Waals surface area contributed by atoms with Crippen LogP contribution in [0.2, 0.25) is 0 Å². The minimum absolute atomic E-state index is 0.0546. The van der Waals surface area contributed by atoms with E-state index in [1.807, 2.05) is 26.0 Å². The van der Waals surface area contributed by atoms with Gasteiger partial charge in [0.15, 0.2) is 0 Å². The zero-order valence-electron chi connectivity index (χ0n) is 11.7. The SMILES string of the molecule is CC[C@H](C)C(=O)Nc1ccc(N2CCOCC2)cc1. The lowest BCUT2D eigenvalue weighted by Gasteiger charge is -2.28. The Labute approximate surface area is 114 Å². The zero-order valence-corrected chi connectivity index (χ0v) is 11.7. The Morgan fingerprint density at radius 2 is 1.95 bits per heavy atom. The summed E-state index contributed by atoms with van der Waals surface area (Å²) in [5.41, 5.74) is 2.05. The van der Waals surface area contributed by atoms with Crippen molar-refractivity contribution < 1.29 is 9.53 Å². The van der Waals surface area contributed by atoms with Crippen molar-refractivity contribution in [2.24, 2.45) is 5.92 Å². The quantitative estimate of drug-likeness (QED) is 0.906. The molecule has 4 heteroatoms. The van der Waals surface area contributed by atoms with Crippen LogP contribution < -0.4 is 10.2 Å². The second-order valence-corrected chi connectivity index (χ2v) is 4.94. The Hall–Kier alpha value is -1.55. The molecule has 1 aromatic rings. The molecule has 0 bridgehead atoms. The number of morpholine rings is 1. The number of rotatable bonds is 4. The Kier molecular flexibility index (Phi) is 4.80. The van der Waals surface area contributed by atoms with E-state index in [1.165, 1.54) is 5.69 Å². The Balaban J connectivity index is 1.96. The van der Waals surface area contributed by atoms with Crippen molar-refractivity contribution in [3.05, 3.63) is 24.3 Å². The van der Waals surface area contributed by atoms with Crippen molar-refractivity contribution in [2.45, 2.75) is 20.3 Å². The minimum Gasteiger partial charge on any atom is -0.378 e. The number of amides is 1. The van der Waals surface area contributed by atoms with Gasteiger partial charge in [-0.1, -0.05) is 13.8 Å². The maximum absolute atomic E-state index is 11.8. The highest BCUT2D eigenvalue weighted by Gasteiger charge is 2.12. The molecule has 1 atom stereocenters. The molecule has 4 nitrogen and oxygen atoms in total. The third kappa shape index (κ3) is 3.70. The second kappa shape index (κ2) is 6.57. The van der Waals surface area contributed by atoms with Crippen LogP contribution >= 0.6 is 0 Å². The number of carbonyl (C=O) groups is 1. The molecule has 1 fully saturated rings. The molecule has 19 heavy (non-hydrogen) atoms. The molecule has 1 aliphatic rings. The average molecular weight is 262 g/mol. The fourth-order valence-corrected chi connectivity index (χ4v) is 2.03. The fourth-order valence-electron chi connectivity index (χ4n) is 2.03. The van der Waals surface area contributed by atoms with Gasteiger partial charge in [-0.25, -0.2) is 0 Å². The first kappa shape index (κ1) is 13.9.